The third-order valence-corrected chi connectivity index (χ3v) is 7.32. The van der Waals surface area contributed by atoms with Crippen LogP contribution in [0.25, 0.3) is 10.8 Å². The molecule has 5 aromatic rings. The fourth-order valence-electron chi connectivity index (χ4n) is 4.67. The first kappa shape index (κ1) is 20.0. The molecule has 0 bridgehead atoms. The zero-order valence-corrected chi connectivity index (χ0v) is 19.0. The monoisotopic (exact) mass is 441 g/mol. The maximum atomic E-state index is 5.42. The summed E-state index contributed by atoms with van der Waals surface area (Å²) < 4.78 is 0. The normalized spacial score (nSPS) is 15.2. The number of nitrogens with zero attached hydrogens (tertiary/aromatic N) is 1. The third kappa shape index (κ3) is 3.88. The van der Waals surface area contributed by atoms with Crippen LogP contribution in [0.15, 0.2) is 136 Å². The molecule has 5 aromatic carbocycles. The maximum Gasteiger partial charge on any atom is 0.0797 e. The summed E-state index contributed by atoms with van der Waals surface area (Å²) in [5, 5.41) is 2.49. The van der Waals surface area contributed by atoms with Gasteiger partial charge >= 0.3 is 0 Å². The zero-order valence-electron chi connectivity index (χ0n) is 18.2. The molecular formula is C31H23NS. The van der Waals surface area contributed by atoms with Gasteiger partial charge in [-0.3, -0.25) is 4.99 Å². The summed E-state index contributed by atoms with van der Waals surface area (Å²) in [7, 11) is 0. The molecule has 1 aliphatic heterocycles. The minimum atomic E-state index is 0.115. The first-order valence-corrected chi connectivity index (χ1v) is 12.1. The van der Waals surface area contributed by atoms with E-state index in [9.17, 15) is 0 Å². The Bertz CT molecular complexity index is 1450. The van der Waals surface area contributed by atoms with Crippen LogP contribution < -0.4 is 0 Å². The van der Waals surface area contributed by atoms with Gasteiger partial charge in [0.2, 0.25) is 0 Å². The highest BCUT2D eigenvalue weighted by Crippen LogP contribution is 2.39. The van der Waals surface area contributed by atoms with Crippen LogP contribution in [0.5, 0.6) is 0 Å². The average Bonchev–Trinajstić information content (AvgIpc) is 2.89. The third-order valence-electron chi connectivity index (χ3n) is 6.25. The van der Waals surface area contributed by atoms with Gasteiger partial charge in [-0.2, -0.15) is 0 Å². The largest absolute Gasteiger partial charge is 0.276 e. The Morgan fingerprint density at radius 1 is 0.636 bits per heavy atom. The lowest BCUT2D eigenvalue weighted by molar-refractivity contribution is 0.712. The number of fused-ring (bicyclic) bond motifs is 2. The van der Waals surface area contributed by atoms with Crippen molar-refractivity contribution in [2.75, 3.05) is 0 Å². The molecule has 0 radical (unpaired) electrons. The minimum Gasteiger partial charge on any atom is -0.276 e. The molecule has 1 unspecified atom stereocenters. The quantitative estimate of drug-likeness (QED) is 0.274. The highest BCUT2D eigenvalue weighted by molar-refractivity contribution is 7.99. The van der Waals surface area contributed by atoms with E-state index in [4.69, 9.17) is 4.99 Å². The van der Waals surface area contributed by atoms with E-state index in [-0.39, 0.29) is 6.04 Å². The van der Waals surface area contributed by atoms with Gasteiger partial charge in [0, 0.05) is 20.9 Å². The van der Waals surface area contributed by atoms with Crippen molar-refractivity contribution in [3.05, 3.63) is 144 Å². The lowest BCUT2D eigenvalue weighted by Crippen LogP contribution is -2.18. The van der Waals surface area contributed by atoms with Crippen molar-refractivity contribution >= 4 is 28.2 Å². The van der Waals surface area contributed by atoms with Crippen molar-refractivity contribution in [3.8, 4) is 0 Å². The lowest BCUT2D eigenvalue weighted by Gasteiger charge is -2.26. The second-order valence-corrected chi connectivity index (χ2v) is 9.46. The van der Waals surface area contributed by atoms with Gasteiger partial charge in [-0.05, 0) is 46.5 Å². The average molecular weight is 442 g/mol. The molecule has 0 spiro atoms. The summed E-state index contributed by atoms with van der Waals surface area (Å²) in [6.45, 7) is 0. The predicted octanol–water partition coefficient (Wildman–Crippen LogP) is 8.13. The lowest BCUT2D eigenvalue weighted by atomic mass is 9.86. The van der Waals surface area contributed by atoms with Gasteiger partial charge in [0.1, 0.15) is 0 Å². The van der Waals surface area contributed by atoms with Crippen LogP contribution in [-0.2, 0) is 6.42 Å². The summed E-state index contributed by atoms with van der Waals surface area (Å²) in [6, 6.07) is 43.3. The Hall–Kier alpha value is -3.62. The highest BCUT2D eigenvalue weighted by Gasteiger charge is 2.26. The van der Waals surface area contributed by atoms with Gasteiger partial charge in [-0.1, -0.05) is 115 Å². The second kappa shape index (κ2) is 8.73. The second-order valence-electron chi connectivity index (χ2n) is 8.34. The van der Waals surface area contributed by atoms with E-state index < -0.39 is 0 Å². The Morgan fingerprint density at radius 3 is 2.18 bits per heavy atom. The molecule has 158 valence electrons. The molecule has 0 aromatic heterocycles. The van der Waals surface area contributed by atoms with E-state index >= 15 is 0 Å². The summed E-state index contributed by atoms with van der Waals surface area (Å²) in [5.41, 5.74) is 6.20. The SMILES string of the molecule is c1ccc(Sc2ccc3ccccc3c2C2=NC(c3ccccc3)Cc3ccccc32)cc1. The Balaban J connectivity index is 1.60. The van der Waals surface area contributed by atoms with Crippen molar-refractivity contribution in [1.29, 1.82) is 0 Å². The van der Waals surface area contributed by atoms with Crippen molar-refractivity contribution in [1.82, 2.24) is 0 Å². The van der Waals surface area contributed by atoms with Crippen molar-refractivity contribution in [2.24, 2.45) is 4.99 Å². The molecule has 0 amide bonds. The fraction of sp³-hybridized carbons (Fsp3) is 0.0645. The molecule has 1 atom stereocenters. The number of aliphatic imine (C=N–C) groups is 1. The van der Waals surface area contributed by atoms with Crippen LogP contribution in [0.1, 0.15) is 28.3 Å². The molecule has 1 heterocycles. The topological polar surface area (TPSA) is 12.4 Å². The molecule has 1 aliphatic rings. The van der Waals surface area contributed by atoms with Crippen LogP contribution >= 0.6 is 11.8 Å². The van der Waals surface area contributed by atoms with Crippen LogP contribution in [-0.4, -0.2) is 5.71 Å². The van der Waals surface area contributed by atoms with Crippen LogP contribution in [0, 0.1) is 0 Å². The predicted molar refractivity (Wildman–Crippen MR) is 139 cm³/mol. The summed E-state index contributed by atoms with van der Waals surface area (Å²) in [4.78, 5) is 7.89. The van der Waals surface area contributed by atoms with Gasteiger partial charge in [0.25, 0.3) is 0 Å². The van der Waals surface area contributed by atoms with Crippen LogP contribution in [0.4, 0.5) is 0 Å². The Labute approximate surface area is 198 Å². The van der Waals surface area contributed by atoms with Gasteiger partial charge < -0.3 is 0 Å². The first-order chi connectivity index (χ1) is 16.4. The molecule has 1 nitrogen and oxygen atoms in total. The van der Waals surface area contributed by atoms with E-state index in [2.05, 4.69) is 121 Å². The maximum absolute atomic E-state index is 5.42. The molecule has 6 rings (SSSR count). The molecule has 0 aliphatic carbocycles. The van der Waals surface area contributed by atoms with E-state index in [0.717, 1.165) is 12.1 Å². The zero-order chi connectivity index (χ0) is 22.0. The summed E-state index contributed by atoms with van der Waals surface area (Å²) in [5.74, 6) is 0. The molecule has 33 heavy (non-hydrogen) atoms. The van der Waals surface area contributed by atoms with Crippen LogP contribution in [0.2, 0.25) is 0 Å². The minimum absolute atomic E-state index is 0.115. The number of rotatable bonds is 4. The summed E-state index contributed by atoms with van der Waals surface area (Å²) in [6.07, 6.45) is 0.926. The number of hydrogen-bond acceptors (Lipinski definition) is 2. The Kier molecular flexibility index (Phi) is 5.29. The number of benzene rings is 5. The smallest absolute Gasteiger partial charge is 0.0797 e. The molecule has 0 saturated carbocycles. The molecule has 2 heteroatoms. The molecule has 0 N–H and O–H groups in total. The molecular weight excluding hydrogens is 418 g/mol. The molecule has 0 fully saturated rings. The first-order valence-electron chi connectivity index (χ1n) is 11.3. The highest BCUT2D eigenvalue weighted by atomic mass is 32.2. The van der Waals surface area contributed by atoms with Crippen molar-refractivity contribution in [3.63, 3.8) is 0 Å². The standard InChI is InChI=1S/C31H23NS/c1-3-12-23(13-4-1)28-21-24-14-8-10-18-27(24)31(32-28)30-26-17-9-7-11-22(26)19-20-29(30)33-25-15-5-2-6-16-25/h1-20,28H,21H2. The van der Waals surface area contributed by atoms with Gasteiger partial charge in [0.15, 0.2) is 0 Å². The van der Waals surface area contributed by atoms with E-state index in [0.29, 0.717) is 0 Å². The summed E-state index contributed by atoms with van der Waals surface area (Å²) >= 11 is 1.81. The van der Waals surface area contributed by atoms with E-state index in [1.807, 2.05) is 11.8 Å². The van der Waals surface area contributed by atoms with Crippen molar-refractivity contribution in [2.45, 2.75) is 22.3 Å². The van der Waals surface area contributed by atoms with Crippen LogP contribution in [0.3, 0.4) is 0 Å². The Morgan fingerprint density at radius 2 is 1.33 bits per heavy atom. The van der Waals surface area contributed by atoms with Gasteiger partial charge in [-0.15, -0.1) is 0 Å². The number of hydrogen-bond donors (Lipinski definition) is 0. The molecule has 0 saturated heterocycles. The fourth-order valence-corrected chi connectivity index (χ4v) is 5.66. The van der Waals surface area contributed by atoms with Gasteiger partial charge in [0.05, 0.1) is 11.8 Å². The van der Waals surface area contributed by atoms with Gasteiger partial charge in [-0.25, -0.2) is 0 Å². The van der Waals surface area contributed by atoms with Crippen molar-refractivity contribution < 1.29 is 0 Å². The van der Waals surface area contributed by atoms with E-state index in [1.165, 1.54) is 42.8 Å². The van der Waals surface area contributed by atoms with E-state index in [1.54, 1.807) is 0 Å².